The molecule has 1 aromatic heterocycles. The van der Waals surface area contributed by atoms with Crippen LogP contribution in [0.1, 0.15) is 82.5 Å². The van der Waals surface area contributed by atoms with Gasteiger partial charge in [-0.3, -0.25) is 14.3 Å². The SMILES string of the molecule is CC(=O)[C@H]1CCC2C3CC[C@@H]4C[C@H](OS(=O)(=O)O)CC[C@]4(C)C3[C@H](OC(=O)c3c(F)c(F)c(F)c(F)c3F)C[C@@]21C.c1ccncc1. The lowest BCUT2D eigenvalue weighted by Crippen LogP contribution is -2.60. The summed E-state index contributed by atoms with van der Waals surface area (Å²) in [5.74, 6) is -14.0. The van der Waals surface area contributed by atoms with Crippen molar-refractivity contribution in [3.63, 3.8) is 0 Å². The average Bonchev–Trinajstić information content (AvgIpc) is 3.36. The Hall–Kier alpha value is -2.97. The maximum Gasteiger partial charge on any atom is 0.397 e. The van der Waals surface area contributed by atoms with E-state index in [0.717, 1.165) is 6.42 Å². The van der Waals surface area contributed by atoms with Crippen LogP contribution in [0.3, 0.4) is 0 Å². The van der Waals surface area contributed by atoms with Gasteiger partial charge in [0, 0.05) is 24.2 Å². The summed E-state index contributed by atoms with van der Waals surface area (Å²) in [7, 11) is -4.67. The number of ether oxygens (including phenoxy) is 1. The maximum absolute atomic E-state index is 14.6. The van der Waals surface area contributed by atoms with Crippen molar-refractivity contribution >= 4 is 22.2 Å². The van der Waals surface area contributed by atoms with Crippen LogP contribution in [0.4, 0.5) is 22.0 Å². The number of aromatic nitrogens is 1. The van der Waals surface area contributed by atoms with Crippen molar-refractivity contribution in [2.75, 3.05) is 0 Å². The number of carbonyl (C=O) groups is 2. The van der Waals surface area contributed by atoms with Crippen molar-refractivity contribution in [1.29, 1.82) is 0 Å². The van der Waals surface area contributed by atoms with E-state index in [4.69, 9.17) is 8.92 Å². The smallest absolute Gasteiger partial charge is 0.397 e. The van der Waals surface area contributed by atoms with Crippen LogP contribution < -0.4 is 0 Å². The zero-order valence-electron chi connectivity index (χ0n) is 26.2. The second-order valence-corrected chi connectivity index (χ2v) is 14.9. The Kier molecular flexibility index (Phi) is 9.89. The molecule has 0 saturated heterocycles. The van der Waals surface area contributed by atoms with Gasteiger partial charge in [-0.15, -0.1) is 0 Å². The van der Waals surface area contributed by atoms with Crippen LogP contribution in [0.15, 0.2) is 30.6 Å². The fourth-order valence-electron chi connectivity index (χ4n) is 9.64. The maximum atomic E-state index is 14.6. The Morgan fingerprint density at radius 1 is 0.872 bits per heavy atom. The summed E-state index contributed by atoms with van der Waals surface area (Å²) in [6.07, 6.45) is 5.61. The van der Waals surface area contributed by atoms with Crippen LogP contribution >= 0.6 is 0 Å². The molecular weight excluding hydrogens is 649 g/mol. The van der Waals surface area contributed by atoms with Crippen molar-refractivity contribution in [2.45, 2.75) is 84.3 Å². The Morgan fingerprint density at radius 3 is 2.02 bits per heavy atom. The summed E-state index contributed by atoms with van der Waals surface area (Å²) in [6.45, 7) is 5.42. The van der Waals surface area contributed by atoms with Crippen LogP contribution in [0.25, 0.3) is 0 Å². The second-order valence-electron chi connectivity index (χ2n) is 13.9. The van der Waals surface area contributed by atoms with Gasteiger partial charge >= 0.3 is 16.4 Å². The Balaban J connectivity index is 0.000000650. The van der Waals surface area contributed by atoms with Crippen LogP contribution in [-0.4, -0.2) is 41.9 Å². The Morgan fingerprint density at radius 2 is 1.49 bits per heavy atom. The van der Waals surface area contributed by atoms with Gasteiger partial charge in [0.1, 0.15) is 17.5 Å². The minimum atomic E-state index is -4.67. The molecule has 0 spiro atoms. The van der Waals surface area contributed by atoms with Crippen molar-refractivity contribution in [3.05, 3.63) is 65.2 Å². The normalized spacial score (nSPS) is 34.6. The second kappa shape index (κ2) is 13.1. The van der Waals surface area contributed by atoms with Crippen molar-refractivity contribution < 1.29 is 53.4 Å². The number of hydrogen-bond acceptors (Lipinski definition) is 7. The van der Waals surface area contributed by atoms with Gasteiger partial charge in [-0.2, -0.15) is 8.42 Å². The fourth-order valence-corrected chi connectivity index (χ4v) is 10.2. The third-order valence-corrected chi connectivity index (χ3v) is 12.0. The van der Waals surface area contributed by atoms with Crippen LogP contribution in [0.2, 0.25) is 0 Å². The number of carbonyl (C=O) groups excluding carboxylic acids is 2. The highest BCUT2D eigenvalue weighted by molar-refractivity contribution is 7.80. The van der Waals surface area contributed by atoms with E-state index in [1.54, 1.807) is 12.4 Å². The zero-order chi connectivity index (χ0) is 34.5. The summed E-state index contributed by atoms with van der Waals surface area (Å²) >= 11 is 0. The predicted molar refractivity (Wildman–Crippen MR) is 157 cm³/mol. The van der Waals surface area contributed by atoms with Crippen molar-refractivity contribution in [3.8, 4) is 0 Å². The Bertz CT molecular complexity index is 1570. The first-order valence-electron chi connectivity index (χ1n) is 15.7. The molecule has 1 aromatic carbocycles. The molecule has 2 aromatic rings. The molecule has 47 heavy (non-hydrogen) atoms. The van der Waals surface area contributed by atoms with Gasteiger partial charge in [0.05, 0.1) is 6.10 Å². The highest BCUT2D eigenvalue weighted by Crippen LogP contribution is 2.68. The first-order chi connectivity index (χ1) is 22.0. The molecule has 14 heteroatoms. The molecule has 258 valence electrons. The van der Waals surface area contributed by atoms with Gasteiger partial charge in [0.15, 0.2) is 23.3 Å². The minimum absolute atomic E-state index is 0.0268. The van der Waals surface area contributed by atoms with Gasteiger partial charge < -0.3 is 4.74 Å². The van der Waals surface area contributed by atoms with E-state index in [-0.39, 0.29) is 48.2 Å². The zero-order valence-corrected chi connectivity index (χ0v) is 27.0. The number of benzene rings is 1. The van der Waals surface area contributed by atoms with Gasteiger partial charge in [0.2, 0.25) is 5.82 Å². The van der Waals surface area contributed by atoms with E-state index in [9.17, 15) is 44.5 Å². The standard InChI is InChI=1S/C28H33F5O7S.C5H5N/c1-12(34)16-6-7-17-15-5-4-13-10-14(40-41(36,37)38)8-9-27(13,2)20(15)18(11-28(16,17)3)39-26(35)19-21(29)23(31)25(33)24(32)22(19)30;1-2-4-6-5-3-1/h13-18,20H,4-11H2,1-3H3,(H,36,37,38);1-5H/t13-,14-,15?,16-,17?,18-,20?,27+,28-;/m1./s1. The average molecular weight is 688 g/mol. The number of rotatable bonds is 5. The molecule has 6 rings (SSSR count). The number of pyridine rings is 1. The van der Waals surface area contributed by atoms with Gasteiger partial charge in [-0.25, -0.2) is 30.9 Å². The highest BCUT2D eigenvalue weighted by Gasteiger charge is 2.65. The quantitative estimate of drug-likeness (QED) is 0.117. The van der Waals surface area contributed by atoms with Crippen molar-refractivity contribution in [2.24, 2.45) is 40.4 Å². The van der Waals surface area contributed by atoms with Gasteiger partial charge in [0.25, 0.3) is 0 Å². The molecule has 0 amide bonds. The number of Topliss-reactive ketones (excluding diaryl/α,β-unsaturated/α-hetero) is 1. The van der Waals surface area contributed by atoms with Gasteiger partial charge in [-0.05, 0) is 99.0 Å². The number of esters is 1. The molecule has 4 aliphatic carbocycles. The molecule has 4 fully saturated rings. The molecule has 9 atom stereocenters. The molecule has 0 bridgehead atoms. The van der Waals surface area contributed by atoms with Gasteiger partial charge in [-0.1, -0.05) is 19.9 Å². The van der Waals surface area contributed by atoms with E-state index in [2.05, 4.69) is 4.98 Å². The summed E-state index contributed by atoms with van der Waals surface area (Å²) < 4.78 is 113. The first-order valence-corrected chi connectivity index (χ1v) is 17.1. The topological polar surface area (TPSA) is 120 Å². The van der Waals surface area contributed by atoms with Crippen LogP contribution in [0, 0.1) is 69.5 Å². The lowest BCUT2D eigenvalue weighted by Gasteiger charge is -2.62. The first kappa shape index (κ1) is 35.3. The van der Waals surface area contributed by atoms with E-state index in [0.29, 0.717) is 32.1 Å². The number of hydrogen-bond donors (Lipinski definition) is 1. The summed E-state index contributed by atoms with van der Waals surface area (Å²) in [4.78, 5) is 29.6. The molecule has 0 aliphatic heterocycles. The Labute approximate surface area is 270 Å². The van der Waals surface area contributed by atoms with E-state index in [1.807, 2.05) is 32.0 Å². The van der Waals surface area contributed by atoms with Crippen molar-refractivity contribution in [1.82, 2.24) is 4.98 Å². The molecule has 4 aliphatic rings. The number of fused-ring (bicyclic) bond motifs is 5. The number of ketones is 1. The third kappa shape index (κ3) is 6.57. The summed E-state index contributed by atoms with van der Waals surface area (Å²) in [6, 6.07) is 5.72. The summed E-state index contributed by atoms with van der Waals surface area (Å²) in [5.41, 5.74) is -2.83. The molecule has 1 N–H and O–H groups in total. The lowest BCUT2D eigenvalue weighted by atomic mass is 9.43. The molecule has 3 unspecified atom stereocenters. The molecule has 0 radical (unpaired) electrons. The largest absolute Gasteiger partial charge is 0.458 e. The molecule has 4 saturated carbocycles. The fraction of sp³-hybridized carbons (Fsp3) is 0.606. The van der Waals surface area contributed by atoms with E-state index >= 15 is 0 Å². The molecule has 1 heterocycles. The van der Waals surface area contributed by atoms with E-state index < -0.39 is 74.1 Å². The molecular formula is C33H38F5NO7S. The highest BCUT2D eigenvalue weighted by atomic mass is 32.3. The minimum Gasteiger partial charge on any atom is -0.458 e. The van der Waals surface area contributed by atoms with Crippen LogP contribution in [0.5, 0.6) is 0 Å². The summed E-state index contributed by atoms with van der Waals surface area (Å²) in [5, 5.41) is 0. The third-order valence-electron chi connectivity index (χ3n) is 11.5. The monoisotopic (exact) mass is 687 g/mol. The predicted octanol–water partition coefficient (Wildman–Crippen LogP) is 7.03. The molecule has 8 nitrogen and oxygen atoms in total. The van der Waals surface area contributed by atoms with E-state index in [1.165, 1.54) is 6.92 Å². The lowest BCUT2D eigenvalue weighted by molar-refractivity contribution is -0.178. The van der Waals surface area contributed by atoms with Crippen LogP contribution in [-0.2, 0) is 24.1 Å². The number of nitrogens with zero attached hydrogens (tertiary/aromatic N) is 1. The number of halogens is 5.